The first-order chi connectivity index (χ1) is 9.26. The van der Waals surface area contributed by atoms with Crippen LogP contribution in [-0.2, 0) is 11.3 Å². The fraction of sp³-hybridized carbons (Fsp3) is 0.667. The summed E-state index contributed by atoms with van der Waals surface area (Å²) in [5.41, 5.74) is 0.930. The number of esters is 1. The topological polar surface area (TPSA) is 42.7 Å². The Morgan fingerprint density at radius 2 is 2.16 bits per heavy atom. The van der Waals surface area contributed by atoms with Gasteiger partial charge in [0.2, 0.25) is 5.76 Å². The minimum Gasteiger partial charge on any atom is -0.463 e. The minimum absolute atomic E-state index is 0.344. The minimum atomic E-state index is -0.389. The van der Waals surface area contributed by atoms with Gasteiger partial charge in [0.05, 0.1) is 13.4 Å². The molecule has 4 nitrogen and oxygen atoms in total. The number of hydrogen-bond donors (Lipinski definition) is 0. The summed E-state index contributed by atoms with van der Waals surface area (Å²) >= 11 is 0. The molecule has 1 aliphatic rings. The molecule has 0 bridgehead atoms. The second kappa shape index (κ2) is 6.75. The van der Waals surface area contributed by atoms with E-state index in [4.69, 9.17) is 9.15 Å². The number of rotatable bonds is 5. The Labute approximate surface area is 114 Å². The standard InChI is InChI=1S/C15H23NO3/c1-3-16(13-7-5-4-6-8-13)11-12-9-10-19-14(12)15(17)18-2/h9-10,13H,3-8,11H2,1-2H3. The quantitative estimate of drug-likeness (QED) is 0.767. The van der Waals surface area contributed by atoms with Gasteiger partial charge in [0, 0.05) is 18.2 Å². The first kappa shape index (κ1) is 14.1. The second-order valence-corrected chi connectivity index (χ2v) is 5.12. The number of hydrogen-bond acceptors (Lipinski definition) is 4. The number of ether oxygens (including phenoxy) is 1. The van der Waals surface area contributed by atoms with E-state index in [1.54, 1.807) is 6.26 Å². The Balaban J connectivity index is 2.05. The molecule has 1 heterocycles. The summed E-state index contributed by atoms with van der Waals surface area (Å²) in [7, 11) is 1.38. The van der Waals surface area contributed by atoms with Gasteiger partial charge in [-0.1, -0.05) is 26.2 Å². The fourth-order valence-corrected chi connectivity index (χ4v) is 2.90. The predicted molar refractivity (Wildman–Crippen MR) is 73.0 cm³/mol. The van der Waals surface area contributed by atoms with E-state index >= 15 is 0 Å². The third-order valence-corrected chi connectivity index (χ3v) is 3.99. The summed E-state index contributed by atoms with van der Waals surface area (Å²) in [5, 5.41) is 0. The van der Waals surface area contributed by atoms with Gasteiger partial charge in [-0.25, -0.2) is 4.79 Å². The monoisotopic (exact) mass is 265 g/mol. The van der Waals surface area contributed by atoms with E-state index in [2.05, 4.69) is 11.8 Å². The first-order valence-corrected chi connectivity index (χ1v) is 7.15. The summed E-state index contributed by atoms with van der Waals surface area (Å²) in [6, 6.07) is 2.51. The summed E-state index contributed by atoms with van der Waals surface area (Å²) in [6.45, 7) is 3.94. The molecule has 0 saturated heterocycles. The van der Waals surface area contributed by atoms with Crippen molar-refractivity contribution in [1.82, 2.24) is 4.90 Å². The Hall–Kier alpha value is -1.29. The van der Waals surface area contributed by atoms with Gasteiger partial charge < -0.3 is 9.15 Å². The lowest BCUT2D eigenvalue weighted by atomic mass is 9.94. The molecular formula is C15H23NO3. The lowest BCUT2D eigenvalue weighted by Crippen LogP contribution is -2.36. The zero-order valence-corrected chi connectivity index (χ0v) is 11.9. The highest BCUT2D eigenvalue weighted by atomic mass is 16.5. The van der Waals surface area contributed by atoms with E-state index < -0.39 is 0 Å². The van der Waals surface area contributed by atoms with Gasteiger partial charge >= 0.3 is 5.97 Å². The molecule has 4 heteroatoms. The summed E-state index contributed by atoms with van der Waals surface area (Å²) in [6.07, 6.45) is 8.08. The summed E-state index contributed by atoms with van der Waals surface area (Å²) < 4.78 is 9.99. The molecule has 0 amide bonds. The molecule has 0 radical (unpaired) electrons. The van der Waals surface area contributed by atoms with Crippen LogP contribution in [-0.4, -0.2) is 30.6 Å². The lowest BCUT2D eigenvalue weighted by Gasteiger charge is -2.33. The molecule has 0 unspecified atom stereocenters. The Morgan fingerprint density at radius 3 is 2.79 bits per heavy atom. The lowest BCUT2D eigenvalue weighted by molar-refractivity contribution is 0.0560. The molecule has 2 rings (SSSR count). The first-order valence-electron chi connectivity index (χ1n) is 7.15. The second-order valence-electron chi connectivity index (χ2n) is 5.12. The maximum Gasteiger partial charge on any atom is 0.374 e. The van der Waals surface area contributed by atoms with E-state index in [0.717, 1.165) is 18.7 Å². The Kier molecular flexibility index (Phi) is 5.02. The van der Waals surface area contributed by atoms with Gasteiger partial charge in [-0.15, -0.1) is 0 Å². The number of furan rings is 1. The fourth-order valence-electron chi connectivity index (χ4n) is 2.90. The molecule has 0 aliphatic heterocycles. The molecule has 106 valence electrons. The van der Waals surface area contributed by atoms with Crippen LogP contribution in [0.3, 0.4) is 0 Å². The molecule has 0 spiro atoms. The van der Waals surface area contributed by atoms with Crippen LogP contribution in [0.5, 0.6) is 0 Å². The van der Waals surface area contributed by atoms with Gasteiger partial charge in [0.25, 0.3) is 0 Å². The molecule has 1 fully saturated rings. The maximum absolute atomic E-state index is 11.6. The summed E-state index contributed by atoms with van der Waals surface area (Å²) in [5.74, 6) is -0.0449. The SMILES string of the molecule is CCN(Cc1ccoc1C(=O)OC)C1CCCCC1. The Bertz CT molecular complexity index is 407. The van der Waals surface area contributed by atoms with Gasteiger partial charge in [-0.3, -0.25) is 4.90 Å². The molecule has 0 N–H and O–H groups in total. The van der Waals surface area contributed by atoms with Crippen molar-refractivity contribution in [3.05, 3.63) is 23.7 Å². The van der Waals surface area contributed by atoms with Crippen LogP contribution < -0.4 is 0 Å². The normalized spacial score (nSPS) is 16.8. The van der Waals surface area contributed by atoms with E-state index in [1.165, 1.54) is 39.2 Å². The van der Waals surface area contributed by atoms with Crippen molar-refractivity contribution in [2.45, 2.75) is 51.6 Å². The van der Waals surface area contributed by atoms with E-state index in [1.807, 2.05) is 6.07 Å². The molecule has 1 saturated carbocycles. The number of nitrogens with zero attached hydrogens (tertiary/aromatic N) is 1. The third kappa shape index (κ3) is 3.38. The number of methoxy groups -OCH3 is 1. The molecule has 1 aromatic heterocycles. The van der Waals surface area contributed by atoms with E-state index in [9.17, 15) is 4.79 Å². The van der Waals surface area contributed by atoms with Crippen LogP contribution in [0.15, 0.2) is 16.7 Å². The third-order valence-electron chi connectivity index (χ3n) is 3.99. The van der Waals surface area contributed by atoms with Crippen molar-refractivity contribution >= 4 is 5.97 Å². The van der Waals surface area contributed by atoms with Gasteiger partial charge in [-0.05, 0) is 25.5 Å². The Morgan fingerprint density at radius 1 is 1.42 bits per heavy atom. The van der Waals surface area contributed by atoms with E-state index in [0.29, 0.717) is 11.8 Å². The van der Waals surface area contributed by atoms with Crippen LogP contribution in [0, 0.1) is 0 Å². The highest BCUT2D eigenvalue weighted by Crippen LogP contribution is 2.25. The predicted octanol–water partition coefficient (Wildman–Crippen LogP) is 3.22. The van der Waals surface area contributed by atoms with Crippen LogP contribution in [0.25, 0.3) is 0 Å². The van der Waals surface area contributed by atoms with Gasteiger partial charge in [-0.2, -0.15) is 0 Å². The van der Waals surface area contributed by atoms with E-state index in [-0.39, 0.29) is 5.97 Å². The van der Waals surface area contributed by atoms with Gasteiger partial charge in [0.15, 0.2) is 0 Å². The largest absolute Gasteiger partial charge is 0.463 e. The van der Waals surface area contributed by atoms with Crippen molar-refractivity contribution in [2.75, 3.05) is 13.7 Å². The molecule has 0 atom stereocenters. The highest BCUT2D eigenvalue weighted by Gasteiger charge is 2.23. The number of carbonyl (C=O) groups excluding carboxylic acids is 1. The maximum atomic E-state index is 11.6. The zero-order chi connectivity index (χ0) is 13.7. The van der Waals surface area contributed by atoms with Crippen LogP contribution in [0.4, 0.5) is 0 Å². The molecular weight excluding hydrogens is 242 g/mol. The van der Waals surface area contributed by atoms with Crippen molar-refractivity contribution < 1.29 is 13.9 Å². The molecule has 19 heavy (non-hydrogen) atoms. The van der Waals surface area contributed by atoms with Gasteiger partial charge in [0.1, 0.15) is 0 Å². The highest BCUT2D eigenvalue weighted by molar-refractivity contribution is 5.87. The van der Waals surface area contributed by atoms with Crippen LogP contribution in [0.2, 0.25) is 0 Å². The molecule has 0 aromatic carbocycles. The van der Waals surface area contributed by atoms with Crippen molar-refractivity contribution in [3.63, 3.8) is 0 Å². The summed E-state index contributed by atoms with van der Waals surface area (Å²) in [4.78, 5) is 14.0. The molecule has 1 aromatic rings. The number of carbonyl (C=O) groups is 1. The smallest absolute Gasteiger partial charge is 0.374 e. The van der Waals surface area contributed by atoms with Crippen molar-refractivity contribution in [2.24, 2.45) is 0 Å². The average molecular weight is 265 g/mol. The zero-order valence-electron chi connectivity index (χ0n) is 11.9. The molecule has 1 aliphatic carbocycles. The van der Waals surface area contributed by atoms with Crippen LogP contribution >= 0.6 is 0 Å². The van der Waals surface area contributed by atoms with Crippen LogP contribution in [0.1, 0.15) is 55.1 Å². The van der Waals surface area contributed by atoms with Crippen molar-refractivity contribution in [1.29, 1.82) is 0 Å². The van der Waals surface area contributed by atoms with Crippen molar-refractivity contribution in [3.8, 4) is 0 Å². The average Bonchev–Trinajstić information content (AvgIpc) is 2.93.